The van der Waals surface area contributed by atoms with Gasteiger partial charge in [-0.2, -0.15) is 4.99 Å². The molecule has 0 amide bonds. The van der Waals surface area contributed by atoms with Crippen molar-refractivity contribution in [3.8, 4) is 5.69 Å². The van der Waals surface area contributed by atoms with Crippen molar-refractivity contribution < 1.29 is 0 Å². The Bertz CT molecular complexity index is 634. The molecule has 2 rings (SSSR count). The van der Waals surface area contributed by atoms with Crippen LogP contribution in [0.5, 0.6) is 0 Å². The molecule has 1 aromatic carbocycles. The topological polar surface area (TPSA) is 133 Å². The van der Waals surface area contributed by atoms with Crippen molar-refractivity contribution in [2.45, 2.75) is 13.3 Å². The highest BCUT2D eigenvalue weighted by Crippen LogP contribution is 2.15. The molecule has 20 heavy (non-hydrogen) atoms. The van der Waals surface area contributed by atoms with E-state index >= 15 is 0 Å². The van der Waals surface area contributed by atoms with E-state index in [4.69, 9.17) is 17.2 Å². The SMILES string of the molecule is CCc1cn(-c2ccc(N=C(N)N=C(N)N)cc2)nn1. The Labute approximate surface area is 116 Å². The molecule has 8 nitrogen and oxygen atoms in total. The number of hydrogen-bond acceptors (Lipinski definition) is 3. The molecular weight excluding hydrogens is 256 g/mol. The number of nitrogens with zero attached hydrogens (tertiary/aromatic N) is 5. The number of hydrogen-bond donors (Lipinski definition) is 3. The Hall–Kier alpha value is -2.90. The standard InChI is InChI=1S/C12H16N8/c1-2-8-7-20(19-18-8)10-5-3-9(4-6-10)16-12(15)17-11(13)14/h3-7H,2H2,1H3,(H6,13,14,15,16,17). The molecule has 0 unspecified atom stereocenters. The average molecular weight is 272 g/mol. The lowest BCUT2D eigenvalue weighted by Crippen LogP contribution is -2.26. The number of aromatic nitrogens is 3. The minimum Gasteiger partial charge on any atom is -0.370 e. The zero-order valence-electron chi connectivity index (χ0n) is 11.1. The first-order valence-electron chi connectivity index (χ1n) is 6.04. The summed E-state index contributed by atoms with van der Waals surface area (Å²) < 4.78 is 1.70. The summed E-state index contributed by atoms with van der Waals surface area (Å²) in [6.45, 7) is 2.03. The lowest BCUT2D eigenvalue weighted by atomic mass is 10.3. The maximum absolute atomic E-state index is 5.55. The van der Waals surface area contributed by atoms with Crippen LogP contribution in [0, 0.1) is 0 Å². The van der Waals surface area contributed by atoms with Gasteiger partial charge in [-0.15, -0.1) is 5.10 Å². The van der Waals surface area contributed by atoms with Crippen molar-refractivity contribution in [2.75, 3.05) is 0 Å². The molecule has 0 aliphatic heterocycles. The predicted molar refractivity (Wildman–Crippen MR) is 77.8 cm³/mol. The van der Waals surface area contributed by atoms with Crippen LogP contribution in [0.25, 0.3) is 5.69 Å². The highest BCUT2D eigenvalue weighted by molar-refractivity contribution is 5.93. The number of benzene rings is 1. The van der Waals surface area contributed by atoms with Crippen LogP contribution < -0.4 is 17.2 Å². The molecular formula is C12H16N8. The molecule has 104 valence electrons. The summed E-state index contributed by atoms with van der Waals surface area (Å²) in [6, 6.07) is 7.29. The fourth-order valence-electron chi connectivity index (χ4n) is 1.56. The molecule has 0 fully saturated rings. The molecule has 8 heteroatoms. The zero-order valence-corrected chi connectivity index (χ0v) is 11.1. The fraction of sp³-hybridized carbons (Fsp3) is 0.167. The molecule has 0 bridgehead atoms. The molecule has 0 saturated heterocycles. The molecule has 0 radical (unpaired) electrons. The van der Waals surface area contributed by atoms with Crippen LogP contribution in [0.3, 0.4) is 0 Å². The van der Waals surface area contributed by atoms with Crippen molar-refractivity contribution in [3.63, 3.8) is 0 Å². The summed E-state index contributed by atoms with van der Waals surface area (Å²) in [5.74, 6) is -0.121. The lowest BCUT2D eigenvalue weighted by Gasteiger charge is -2.00. The quantitative estimate of drug-likeness (QED) is 0.536. The minimum atomic E-state index is -0.127. The minimum absolute atomic E-state index is 0.00627. The van der Waals surface area contributed by atoms with Gasteiger partial charge in [0.15, 0.2) is 5.96 Å². The molecule has 1 heterocycles. The summed E-state index contributed by atoms with van der Waals surface area (Å²) in [4.78, 5) is 7.70. The van der Waals surface area contributed by atoms with Gasteiger partial charge < -0.3 is 17.2 Å². The van der Waals surface area contributed by atoms with Gasteiger partial charge in [0.1, 0.15) is 0 Å². The second-order valence-corrected chi connectivity index (χ2v) is 4.03. The largest absolute Gasteiger partial charge is 0.370 e. The van der Waals surface area contributed by atoms with Gasteiger partial charge in [-0.25, -0.2) is 9.67 Å². The molecule has 0 spiro atoms. The van der Waals surface area contributed by atoms with Gasteiger partial charge in [-0.05, 0) is 30.7 Å². The number of aliphatic imine (C=N–C) groups is 2. The predicted octanol–water partition coefficient (Wildman–Crippen LogP) is 0.0493. The Morgan fingerprint density at radius 2 is 1.90 bits per heavy atom. The van der Waals surface area contributed by atoms with Crippen LogP contribution in [-0.4, -0.2) is 26.9 Å². The first-order chi connectivity index (χ1) is 9.58. The van der Waals surface area contributed by atoms with Crippen molar-refractivity contribution in [3.05, 3.63) is 36.2 Å². The van der Waals surface area contributed by atoms with E-state index < -0.39 is 0 Å². The molecule has 0 atom stereocenters. The number of nitrogens with two attached hydrogens (primary N) is 3. The van der Waals surface area contributed by atoms with Crippen LogP contribution >= 0.6 is 0 Å². The van der Waals surface area contributed by atoms with Gasteiger partial charge in [-0.1, -0.05) is 12.1 Å². The van der Waals surface area contributed by atoms with Crippen LogP contribution in [0.2, 0.25) is 0 Å². The van der Waals surface area contributed by atoms with Crippen molar-refractivity contribution in [2.24, 2.45) is 27.2 Å². The first kappa shape index (κ1) is 13.5. The van der Waals surface area contributed by atoms with Gasteiger partial charge in [0.2, 0.25) is 5.96 Å². The van der Waals surface area contributed by atoms with Crippen molar-refractivity contribution in [1.82, 2.24) is 15.0 Å². The molecule has 0 aliphatic rings. The van der Waals surface area contributed by atoms with Crippen LogP contribution in [0.1, 0.15) is 12.6 Å². The summed E-state index contributed by atoms with van der Waals surface area (Å²) in [5.41, 5.74) is 18.4. The van der Waals surface area contributed by atoms with Crippen LogP contribution in [0.15, 0.2) is 40.4 Å². The molecule has 0 aliphatic carbocycles. The number of guanidine groups is 2. The third kappa shape index (κ3) is 3.31. The van der Waals surface area contributed by atoms with E-state index in [0.29, 0.717) is 5.69 Å². The second kappa shape index (κ2) is 5.83. The van der Waals surface area contributed by atoms with E-state index in [-0.39, 0.29) is 11.9 Å². The zero-order chi connectivity index (χ0) is 14.5. The van der Waals surface area contributed by atoms with Gasteiger partial charge in [0, 0.05) is 0 Å². The first-order valence-corrected chi connectivity index (χ1v) is 6.04. The van der Waals surface area contributed by atoms with Gasteiger partial charge >= 0.3 is 0 Å². The van der Waals surface area contributed by atoms with Crippen molar-refractivity contribution >= 4 is 17.6 Å². The van der Waals surface area contributed by atoms with Gasteiger partial charge in [0.05, 0.1) is 23.3 Å². The van der Waals surface area contributed by atoms with E-state index in [1.165, 1.54) is 0 Å². The second-order valence-electron chi connectivity index (χ2n) is 4.03. The van der Waals surface area contributed by atoms with Gasteiger partial charge in [0.25, 0.3) is 0 Å². The lowest BCUT2D eigenvalue weighted by molar-refractivity contribution is 0.798. The Kier molecular flexibility index (Phi) is 3.94. The van der Waals surface area contributed by atoms with E-state index in [1.54, 1.807) is 16.8 Å². The third-order valence-corrected chi connectivity index (χ3v) is 2.50. The fourth-order valence-corrected chi connectivity index (χ4v) is 1.56. The summed E-state index contributed by atoms with van der Waals surface area (Å²) in [5, 5.41) is 8.07. The van der Waals surface area contributed by atoms with E-state index in [2.05, 4.69) is 20.3 Å². The smallest absolute Gasteiger partial charge is 0.223 e. The highest BCUT2D eigenvalue weighted by atomic mass is 15.4. The Morgan fingerprint density at radius 3 is 2.45 bits per heavy atom. The Morgan fingerprint density at radius 1 is 1.20 bits per heavy atom. The molecule has 6 N–H and O–H groups in total. The van der Waals surface area contributed by atoms with Crippen molar-refractivity contribution in [1.29, 1.82) is 0 Å². The highest BCUT2D eigenvalue weighted by Gasteiger charge is 2.01. The van der Waals surface area contributed by atoms with E-state index in [0.717, 1.165) is 17.8 Å². The summed E-state index contributed by atoms with van der Waals surface area (Å²) in [6.07, 6.45) is 2.73. The molecule has 0 saturated carbocycles. The third-order valence-electron chi connectivity index (χ3n) is 2.50. The number of rotatable bonds is 3. The normalized spacial score (nSPS) is 11.3. The Balaban J connectivity index is 2.20. The van der Waals surface area contributed by atoms with E-state index in [1.807, 2.05) is 25.3 Å². The van der Waals surface area contributed by atoms with Crippen LogP contribution in [-0.2, 0) is 6.42 Å². The number of aryl methyl sites for hydroxylation is 1. The van der Waals surface area contributed by atoms with Gasteiger partial charge in [-0.3, -0.25) is 0 Å². The van der Waals surface area contributed by atoms with Crippen LogP contribution in [0.4, 0.5) is 5.69 Å². The summed E-state index contributed by atoms with van der Waals surface area (Å²) in [7, 11) is 0. The maximum atomic E-state index is 5.55. The molecule has 2 aromatic rings. The maximum Gasteiger partial charge on any atom is 0.223 e. The average Bonchev–Trinajstić information content (AvgIpc) is 2.87. The van der Waals surface area contributed by atoms with E-state index in [9.17, 15) is 0 Å². The molecule has 1 aromatic heterocycles. The summed E-state index contributed by atoms with van der Waals surface area (Å²) >= 11 is 0. The monoisotopic (exact) mass is 272 g/mol.